The number of unbranched alkanes of at least 4 members (excludes halogenated alkanes) is 2. The number of hydrogen-bond donors (Lipinski definition) is 1. The Kier molecular flexibility index (Phi) is 7.05. The third kappa shape index (κ3) is 5.35. The molecular weight excluding hydrogens is 390 g/mol. The number of piperidine rings is 1. The van der Waals surface area contributed by atoms with Crippen LogP contribution in [0.3, 0.4) is 0 Å². The van der Waals surface area contributed by atoms with Gasteiger partial charge in [-0.2, -0.15) is 0 Å². The fourth-order valence-corrected chi connectivity index (χ4v) is 4.18. The van der Waals surface area contributed by atoms with Gasteiger partial charge in [0.05, 0.1) is 18.1 Å². The molecule has 1 aromatic heterocycles. The third-order valence-corrected chi connectivity index (χ3v) is 6.09. The zero-order valence-electron chi connectivity index (χ0n) is 18.2. The van der Waals surface area contributed by atoms with Gasteiger partial charge in [-0.15, -0.1) is 0 Å². The van der Waals surface area contributed by atoms with Crippen LogP contribution in [0, 0.1) is 6.92 Å². The Balaban J connectivity index is 1.35. The topological polar surface area (TPSA) is 62.9 Å². The van der Waals surface area contributed by atoms with Crippen molar-refractivity contribution in [2.45, 2.75) is 45.1 Å². The van der Waals surface area contributed by atoms with Gasteiger partial charge in [0.2, 0.25) is 0 Å². The summed E-state index contributed by atoms with van der Waals surface area (Å²) >= 11 is 0. The van der Waals surface area contributed by atoms with E-state index in [-0.39, 0.29) is 11.5 Å². The van der Waals surface area contributed by atoms with E-state index in [1.807, 2.05) is 43.3 Å². The summed E-state index contributed by atoms with van der Waals surface area (Å²) in [5.41, 5.74) is 2.30. The van der Waals surface area contributed by atoms with Gasteiger partial charge in [-0.1, -0.05) is 30.3 Å². The minimum Gasteiger partial charge on any atom is -0.493 e. The van der Waals surface area contributed by atoms with Gasteiger partial charge >= 0.3 is 0 Å². The van der Waals surface area contributed by atoms with Gasteiger partial charge in [0.25, 0.3) is 0 Å². The third-order valence-electron chi connectivity index (χ3n) is 6.09. The predicted octanol–water partition coefficient (Wildman–Crippen LogP) is 4.77. The number of nitrogens with zero attached hydrogens (tertiary/aromatic N) is 1. The van der Waals surface area contributed by atoms with E-state index in [0.29, 0.717) is 23.3 Å². The normalized spacial score (nSPS) is 15.4. The summed E-state index contributed by atoms with van der Waals surface area (Å²) in [4.78, 5) is 15.0. The molecule has 164 valence electrons. The van der Waals surface area contributed by atoms with Crippen LogP contribution >= 0.6 is 0 Å². The molecule has 0 unspecified atom stereocenters. The zero-order chi connectivity index (χ0) is 21.6. The van der Waals surface area contributed by atoms with Crippen LogP contribution in [0.25, 0.3) is 22.3 Å². The molecular formula is C26H31NO4. The molecule has 2 aromatic carbocycles. The first kappa shape index (κ1) is 21.6. The SMILES string of the molecule is Cc1c(OCCCCCN2CCC(O)CC2)ccc2c(=O)cc(-c3ccccc3)oc12. The minimum atomic E-state index is -0.108. The smallest absolute Gasteiger partial charge is 0.193 e. The number of benzene rings is 2. The predicted molar refractivity (Wildman–Crippen MR) is 124 cm³/mol. The van der Waals surface area contributed by atoms with Crippen molar-refractivity contribution >= 4 is 11.0 Å². The summed E-state index contributed by atoms with van der Waals surface area (Å²) in [6.07, 6.45) is 4.92. The fraction of sp³-hybridized carbons (Fsp3) is 0.423. The van der Waals surface area contributed by atoms with Gasteiger partial charge in [0.1, 0.15) is 17.1 Å². The number of rotatable bonds is 8. The van der Waals surface area contributed by atoms with Crippen LogP contribution in [0.4, 0.5) is 0 Å². The molecule has 31 heavy (non-hydrogen) atoms. The monoisotopic (exact) mass is 421 g/mol. The maximum atomic E-state index is 12.6. The van der Waals surface area contributed by atoms with Crippen LogP contribution in [0.1, 0.15) is 37.7 Å². The molecule has 0 atom stereocenters. The lowest BCUT2D eigenvalue weighted by atomic mass is 10.1. The minimum absolute atomic E-state index is 0.0417. The van der Waals surface area contributed by atoms with E-state index in [4.69, 9.17) is 9.15 Å². The maximum Gasteiger partial charge on any atom is 0.193 e. The number of hydrogen-bond acceptors (Lipinski definition) is 5. The van der Waals surface area contributed by atoms with Crippen LogP contribution < -0.4 is 10.2 Å². The standard InChI is InChI=1S/C26H31NO4/c1-19-24(30-17-7-3-6-14-27-15-12-21(28)13-16-27)11-10-22-23(29)18-25(31-26(19)22)20-8-4-2-5-9-20/h2,4-5,8-11,18,21,28H,3,6-7,12-17H2,1H3. The van der Waals surface area contributed by atoms with Gasteiger partial charge < -0.3 is 19.2 Å². The van der Waals surface area contributed by atoms with Crippen LogP contribution in [0.15, 0.2) is 57.7 Å². The fourth-order valence-electron chi connectivity index (χ4n) is 4.18. The van der Waals surface area contributed by atoms with E-state index in [9.17, 15) is 9.90 Å². The first-order valence-corrected chi connectivity index (χ1v) is 11.3. The Morgan fingerprint density at radius 1 is 1.06 bits per heavy atom. The molecule has 0 spiro atoms. The lowest BCUT2D eigenvalue weighted by Crippen LogP contribution is -2.36. The summed E-state index contributed by atoms with van der Waals surface area (Å²) < 4.78 is 12.1. The van der Waals surface area contributed by atoms with Crippen molar-refractivity contribution in [1.82, 2.24) is 4.90 Å². The second-order valence-corrected chi connectivity index (χ2v) is 8.39. The zero-order valence-corrected chi connectivity index (χ0v) is 18.2. The summed E-state index contributed by atoms with van der Waals surface area (Å²) in [7, 11) is 0. The van der Waals surface area contributed by atoms with E-state index < -0.39 is 0 Å². The lowest BCUT2D eigenvalue weighted by Gasteiger charge is -2.29. The number of fused-ring (bicyclic) bond motifs is 1. The summed E-state index contributed by atoms with van der Waals surface area (Å²) in [6, 6.07) is 14.9. The Labute approximate surface area is 183 Å². The quantitative estimate of drug-likeness (QED) is 0.531. The molecule has 1 fully saturated rings. The van der Waals surface area contributed by atoms with Crippen LogP contribution in [-0.2, 0) is 0 Å². The molecule has 1 saturated heterocycles. The largest absolute Gasteiger partial charge is 0.493 e. The second kappa shape index (κ2) is 10.1. The number of aliphatic hydroxyl groups excluding tert-OH is 1. The molecule has 1 aliphatic rings. The van der Waals surface area contributed by atoms with Crippen molar-refractivity contribution in [1.29, 1.82) is 0 Å². The van der Waals surface area contributed by atoms with Gasteiger partial charge in [-0.05, 0) is 57.7 Å². The molecule has 0 aliphatic carbocycles. The van der Waals surface area contributed by atoms with Crippen molar-refractivity contribution < 1.29 is 14.3 Å². The number of likely N-dealkylation sites (tertiary alicyclic amines) is 1. The second-order valence-electron chi connectivity index (χ2n) is 8.39. The molecule has 3 aromatic rings. The molecule has 5 nitrogen and oxygen atoms in total. The Bertz CT molecular complexity index is 1050. The maximum absolute atomic E-state index is 12.6. The average Bonchev–Trinajstić information content (AvgIpc) is 2.79. The first-order chi connectivity index (χ1) is 15.1. The molecule has 5 heteroatoms. The summed E-state index contributed by atoms with van der Waals surface area (Å²) in [6.45, 7) is 5.69. The number of aliphatic hydroxyl groups is 1. The molecule has 0 amide bonds. The molecule has 2 heterocycles. The van der Waals surface area contributed by atoms with E-state index in [2.05, 4.69) is 4.90 Å². The highest BCUT2D eigenvalue weighted by molar-refractivity contribution is 5.83. The van der Waals surface area contributed by atoms with Crippen molar-refractivity contribution in [3.05, 3.63) is 64.3 Å². The highest BCUT2D eigenvalue weighted by atomic mass is 16.5. The summed E-state index contributed by atoms with van der Waals surface area (Å²) in [5.74, 6) is 1.34. The summed E-state index contributed by atoms with van der Waals surface area (Å²) in [5, 5.41) is 10.2. The molecule has 0 bridgehead atoms. The number of ether oxygens (including phenoxy) is 1. The molecule has 4 rings (SSSR count). The van der Waals surface area contributed by atoms with Gasteiger partial charge in [0.15, 0.2) is 5.43 Å². The van der Waals surface area contributed by atoms with E-state index in [1.165, 1.54) is 0 Å². The Morgan fingerprint density at radius 2 is 1.84 bits per heavy atom. The van der Waals surface area contributed by atoms with Gasteiger partial charge in [-0.3, -0.25) is 4.79 Å². The average molecular weight is 422 g/mol. The van der Waals surface area contributed by atoms with E-state index in [0.717, 1.165) is 68.6 Å². The van der Waals surface area contributed by atoms with Gasteiger partial charge in [0, 0.05) is 30.3 Å². The van der Waals surface area contributed by atoms with Crippen molar-refractivity contribution in [3.8, 4) is 17.1 Å². The van der Waals surface area contributed by atoms with E-state index in [1.54, 1.807) is 12.1 Å². The van der Waals surface area contributed by atoms with Gasteiger partial charge in [-0.25, -0.2) is 0 Å². The van der Waals surface area contributed by atoms with Crippen molar-refractivity contribution in [2.24, 2.45) is 0 Å². The van der Waals surface area contributed by atoms with Crippen LogP contribution in [-0.4, -0.2) is 42.4 Å². The molecule has 1 aliphatic heterocycles. The Morgan fingerprint density at radius 3 is 2.61 bits per heavy atom. The lowest BCUT2D eigenvalue weighted by molar-refractivity contribution is 0.0816. The van der Waals surface area contributed by atoms with E-state index >= 15 is 0 Å². The first-order valence-electron chi connectivity index (χ1n) is 11.3. The van der Waals surface area contributed by atoms with Crippen molar-refractivity contribution in [3.63, 3.8) is 0 Å². The number of aryl methyl sites for hydroxylation is 1. The molecule has 0 saturated carbocycles. The highest BCUT2D eigenvalue weighted by Crippen LogP contribution is 2.29. The Hall–Kier alpha value is -2.63. The van der Waals surface area contributed by atoms with Crippen LogP contribution in [0.5, 0.6) is 5.75 Å². The van der Waals surface area contributed by atoms with Crippen molar-refractivity contribution in [2.75, 3.05) is 26.2 Å². The van der Waals surface area contributed by atoms with Crippen LogP contribution in [0.2, 0.25) is 0 Å². The molecule has 0 radical (unpaired) electrons. The molecule has 1 N–H and O–H groups in total. The highest BCUT2D eigenvalue weighted by Gasteiger charge is 2.16.